The molecule has 2 aliphatic rings. The lowest BCUT2D eigenvalue weighted by Gasteiger charge is -2.43. The highest BCUT2D eigenvalue weighted by molar-refractivity contribution is 8.01. The summed E-state index contributed by atoms with van der Waals surface area (Å²) < 4.78 is 38.0. The zero-order chi connectivity index (χ0) is 21.9. The number of aromatic nitrogens is 2. The number of fused-ring (bicyclic) bond motifs is 1. The number of aromatic amines is 1. The van der Waals surface area contributed by atoms with E-state index in [1.165, 1.54) is 16.7 Å². The molecule has 1 aromatic heterocycles. The molecular formula is C15H15F3N4O6S. The summed E-state index contributed by atoms with van der Waals surface area (Å²) in [6.45, 7) is 2.41. The third kappa shape index (κ3) is 3.52. The molecule has 2 saturated heterocycles. The smallest absolute Gasteiger partial charge is 0.423 e. The van der Waals surface area contributed by atoms with Crippen molar-refractivity contribution in [3.8, 4) is 0 Å². The van der Waals surface area contributed by atoms with E-state index in [1.807, 2.05) is 0 Å². The van der Waals surface area contributed by atoms with Crippen LogP contribution in [0, 0.1) is 0 Å². The van der Waals surface area contributed by atoms with Crippen LogP contribution < -0.4 is 16.6 Å². The van der Waals surface area contributed by atoms with Gasteiger partial charge in [-0.3, -0.25) is 23.9 Å². The van der Waals surface area contributed by atoms with Gasteiger partial charge in [-0.15, -0.1) is 11.8 Å². The molecule has 3 heterocycles. The van der Waals surface area contributed by atoms with Gasteiger partial charge in [-0.2, -0.15) is 13.2 Å². The molecule has 0 aliphatic carbocycles. The van der Waals surface area contributed by atoms with Crippen molar-refractivity contribution in [2.75, 3.05) is 0 Å². The number of β-lactam (4-membered cyclic amide) rings is 1. The van der Waals surface area contributed by atoms with E-state index in [1.54, 1.807) is 13.8 Å². The topological polar surface area (TPSA) is 142 Å². The van der Waals surface area contributed by atoms with Crippen molar-refractivity contribution in [3.05, 3.63) is 32.6 Å². The van der Waals surface area contributed by atoms with Gasteiger partial charge in [0, 0.05) is 10.9 Å². The summed E-state index contributed by atoms with van der Waals surface area (Å²) in [5.41, 5.74) is -4.50. The van der Waals surface area contributed by atoms with Crippen LogP contribution in [0.25, 0.3) is 0 Å². The highest BCUT2D eigenvalue weighted by Gasteiger charge is 2.64. The van der Waals surface area contributed by atoms with Crippen LogP contribution in [0.1, 0.15) is 19.4 Å². The maximum atomic E-state index is 12.8. The van der Waals surface area contributed by atoms with E-state index < -0.39 is 69.5 Å². The minimum atomic E-state index is -5.03. The van der Waals surface area contributed by atoms with Gasteiger partial charge < -0.3 is 15.3 Å². The van der Waals surface area contributed by atoms with Gasteiger partial charge in [0.05, 0.1) is 0 Å². The van der Waals surface area contributed by atoms with Gasteiger partial charge >= 0.3 is 17.8 Å². The molecule has 0 spiro atoms. The van der Waals surface area contributed by atoms with E-state index in [4.69, 9.17) is 0 Å². The number of nitrogens with one attached hydrogen (secondary N) is 2. The number of alkyl halides is 3. The number of hydrogen-bond acceptors (Lipinski definition) is 6. The number of carbonyl (C=O) groups excluding carboxylic acids is 2. The Morgan fingerprint density at radius 1 is 1.31 bits per heavy atom. The highest BCUT2D eigenvalue weighted by Crippen LogP contribution is 2.50. The first kappa shape index (κ1) is 21.0. The van der Waals surface area contributed by atoms with Crippen LogP contribution >= 0.6 is 11.8 Å². The Morgan fingerprint density at radius 2 is 1.93 bits per heavy atom. The van der Waals surface area contributed by atoms with Gasteiger partial charge in [-0.05, 0) is 13.8 Å². The predicted octanol–water partition coefficient (Wildman–Crippen LogP) is -0.813. The molecule has 10 nitrogen and oxygen atoms in total. The molecule has 0 saturated carbocycles. The van der Waals surface area contributed by atoms with Crippen LogP contribution in [-0.4, -0.2) is 59.5 Å². The van der Waals surface area contributed by atoms with E-state index in [2.05, 4.69) is 5.32 Å². The van der Waals surface area contributed by atoms with Crippen molar-refractivity contribution in [1.29, 1.82) is 0 Å². The van der Waals surface area contributed by atoms with Gasteiger partial charge in [-0.25, -0.2) is 9.59 Å². The summed E-state index contributed by atoms with van der Waals surface area (Å²) in [5, 5.41) is 11.0. The van der Waals surface area contributed by atoms with Crippen LogP contribution in [0.4, 0.5) is 13.2 Å². The lowest BCUT2D eigenvalue weighted by molar-refractivity contribution is -0.161. The number of carboxylic acids is 1. The van der Waals surface area contributed by atoms with Gasteiger partial charge in [0.25, 0.3) is 5.56 Å². The van der Waals surface area contributed by atoms with Crippen molar-refractivity contribution in [2.24, 2.45) is 0 Å². The Hall–Kier alpha value is -2.77. The minimum Gasteiger partial charge on any atom is -0.480 e. The molecule has 14 heteroatoms. The predicted molar refractivity (Wildman–Crippen MR) is 92.0 cm³/mol. The number of carboxylic acid groups (broad SMARTS) is 1. The molecule has 3 rings (SSSR count). The number of thioether (sulfide) groups is 1. The van der Waals surface area contributed by atoms with E-state index in [0.717, 1.165) is 4.90 Å². The van der Waals surface area contributed by atoms with Crippen molar-refractivity contribution < 1.29 is 32.7 Å². The molecule has 158 valence electrons. The van der Waals surface area contributed by atoms with Crippen LogP contribution in [0.15, 0.2) is 15.8 Å². The second-order valence-corrected chi connectivity index (χ2v) is 8.84. The average Bonchev–Trinajstić information content (AvgIpc) is 2.82. The van der Waals surface area contributed by atoms with E-state index in [9.17, 15) is 42.3 Å². The molecule has 3 atom stereocenters. The first-order valence-corrected chi connectivity index (χ1v) is 9.05. The van der Waals surface area contributed by atoms with Gasteiger partial charge in [0.15, 0.2) is 0 Å². The Kier molecular flexibility index (Phi) is 4.80. The fourth-order valence-corrected chi connectivity index (χ4v) is 4.97. The van der Waals surface area contributed by atoms with Gasteiger partial charge in [0.2, 0.25) is 11.8 Å². The van der Waals surface area contributed by atoms with E-state index in [0.29, 0.717) is 4.57 Å². The fraction of sp³-hybridized carbons (Fsp3) is 0.533. The highest BCUT2D eigenvalue weighted by atomic mass is 32.2. The molecule has 0 bridgehead atoms. The monoisotopic (exact) mass is 436 g/mol. The lowest BCUT2D eigenvalue weighted by atomic mass is 9.96. The number of hydrogen-bond donors (Lipinski definition) is 3. The third-order valence-corrected chi connectivity index (χ3v) is 6.19. The van der Waals surface area contributed by atoms with E-state index >= 15 is 0 Å². The quantitative estimate of drug-likeness (QED) is 0.524. The standard InChI is InChI=1S/C15H15F3N4O6S/c1-14(2)8(12(26)27)22-10(25)7(11(22)29-14)19-6(23)4-21-3-5(15(16,17)18)9(24)20-13(21)28/h3,7-8,11H,4H2,1-2H3,(H,19,23)(H,26,27)(H,20,24,28)/t7?,8-,11+/m0/s1. The summed E-state index contributed by atoms with van der Waals surface area (Å²) in [5.74, 6) is -2.77. The molecule has 1 unspecified atom stereocenters. The number of halogens is 3. The number of aliphatic carboxylic acids is 1. The Labute approximate surface area is 164 Å². The fourth-order valence-electron chi connectivity index (χ4n) is 3.35. The Balaban J connectivity index is 1.75. The molecule has 3 N–H and O–H groups in total. The number of H-pyrrole nitrogens is 1. The summed E-state index contributed by atoms with van der Waals surface area (Å²) in [4.78, 5) is 61.5. The number of nitrogens with zero attached hydrogens (tertiary/aromatic N) is 2. The second-order valence-electron chi connectivity index (χ2n) is 7.07. The van der Waals surface area contributed by atoms with Crippen molar-refractivity contribution >= 4 is 29.5 Å². The molecule has 1 aromatic rings. The first-order valence-electron chi connectivity index (χ1n) is 8.17. The lowest BCUT2D eigenvalue weighted by Crippen LogP contribution is -2.70. The Morgan fingerprint density at radius 3 is 2.48 bits per heavy atom. The molecule has 0 aromatic carbocycles. The van der Waals surface area contributed by atoms with E-state index in [-0.39, 0.29) is 6.20 Å². The Bertz CT molecular complexity index is 1020. The maximum Gasteiger partial charge on any atom is 0.423 e. The zero-order valence-electron chi connectivity index (χ0n) is 14.9. The summed E-state index contributed by atoms with van der Waals surface area (Å²) in [7, 11) is 0. The SMILES string of the molecule is CC1(C)S[C@@H]2C(NC(=O)Cn3cc(C(F)(F)F)c(=O)[nH]c3=O)C(=O)N2[C@H]1C(=O)O. The summed E-state index contributed by atoms with van der Waals surface area (Å²) in [6, 6.07) is -2.16. The average molecular weight is 436 g/mol. The summed E-state index contributed by atoms with van der Waals surface area (Å²) in [6.07, 6.45) is -4.80. The number of amides is 2. The molecule has 2 aliphatic heterocycles. The first-order chi connectivity index (χ1) is 13.2. The minimum absolute atomic E-state index is 0.226. The summed E-state index contributed by atoms with van der Waals surface area (Å²) >= 11 is 1.17. The number of rotatable bonds is 4. The van der Waals surface area contributed by atoms with Crippen LogP contribution in [0.2, 0.25) is 0 Å². The largest absolute Gasteiger partial charge is 0.480 e. The third-order valence-electron chi connectivity index (χ3n) is 4.62. The molecule has 2 fully saturated rings. The van der Waals surface area contributed by atoms with Crippen molar-refractivity contribution in [3.63, 3.8) is 0 Å². The molecule has 2 amide bonds. The van der Waals surface area contributed by atoms with Gasteiger partial charge in [0.1, 0.15) is 29.6 Å². The zero-order valence-corrected chi connectivity index (χ0v) is 15.8. The molecular weight excluding hydrogens is 421 g/mol. The van der Waals surface area contributed by atoms with Crippen LogP contribution in [-0.2, 0) is 27.1 Å². The molecule has 29 heavy (non-hydrogen) atoms. The number of carbonyl (C=O) groups is 3. The maximum absolute atomic E-state index is 12.8. The van der Waals surface area contributed by atoms with Crippen LogP contribution in [0.5, 0.6) is 0 Å². The van der Waals surface area contributed by atoms with Gasteiger partial charge in [-0.1, -0.05) is 0 Å². The van der Waals surface area contributed by atoms with Crippen molar-refractivity contribution in [2.45, 2.75) is 48.8 Å². The second kappa shape index (κ2) is 6.64. The normalized spacial score (nSPS) is 25.3. The van der Waals surface area contributed by atoms with Crippen LogP contribution in [0.3, 0.4) is 0 Å². The van der Waals surface area contributed by atoms with Crippen molar-refractivity contribution in [1.82, 2.24) is 19.8 Å². The molecule has 0 radical (unpaired) electrons.